The number of piperidine rings is 1. The fourth-order valence-electron chi connectivity index (χ4n) is 2.95. The molecular weight excluding hydrogens is 240 g/mol. The zero-order valence-electron chi connectivity index (χ0n) is 12.4. The van der Waals surface area contributed by atoms with Gasteiger partial charge in [-0.1, -0.05) is 13.8 Å². The van der Waals surface area contributed by atoms with Crippen molar-refractivity contribution in [1.29, 1.82) is 0 Å². The molecular formula is C14H26N4O. The Hall–Kier alpha value is -0.940. The van der Waals surface area contributed by atoms with E-state index >= 15 is 0 Å². The fraction of sp³-hybridized carbons (Fsp3) is 0.857. The highest BCUT2D eigenvalue weighted by molar-refractivity contribution is 4.95. The molecule has 0 aromatic carbocycles. The van der Waals surface area contributed by atoms with Gasteiger partial charge in [0.05, 0.1) is 6.54 Å². The number of aliphatic hydroxyl groups excluding tert-OH is 1. The van der Waals surface area contributed by atoms with Crippen molar-refractivity contribution < 1.29 is 5.11 Å². The van der Waals surface area contributed by atoms with Crippen LogP contribution >= 0.6 is 0 Å². The molecule has 0 spiro atoms. The first-order valence-corrected chi connectivity index (χ1v) is 7.30. The summed E-state index contributed by atoms with van der Waals surface area (Å²) in [5.41, 5.74) is 0.0445. The summed E-state index contributed by atoms with van der Waals surface area (Å²) >= 11 is 0. The van der Waals surface area contributed by atoms with Crippen LogP contribution in [0.4, 0.5) is 0 Å². The van der Waals surface area contributed by atoms with Gasteiger partial charge in [-0.25, -0.2) is 0 Å². The average molecular weight is 266 g/mol. The lowest BCUT2D eigenvalue weighted by Gasteiger charge is -2.39. The van der Waals surface area contributed by atoms with Crippen LogP contribution in [0.2, 0.25) is 0 Å². The first kappa shape index (κ1) is 14.5. The molecule has 5 heteroatoms. The van der Waals surface area contributed by atoms with Gasteiger partial charge < -0.3 is 9.67 Å². The van der Waals surface area contributed by atoms with Crippen molar-refractivity contribution in [3.63, 3.8) is 0 Å². The Kier molecular flexibility index (Phi) is 4.58. The maximum atomic E-state index is 9.52. The molecule has 0 bridgehead atoms. The molecule has 0 saturated carbocycles. The van der Waals surface area contributed by atoms with Crippen LogP contribution in [-0.4, -0.2) is 44.5 Å². The summed E-state index contributed by atoms with van der Waals surface area (Å²) in [7, 11) is 0. The predicted molar refractivity (Wildman–Crippen MR) is 74.8 cm³/mol. The molecule has 5 nitrogen and oxygen atoms in total. The number of hydrogen-bond donors (Lipinski definition) is 1. The minimum atomic E-state index is 0.0445. The van der Waals surface area contributed by atoms with Crippen molar-refractivity contribution in [2.75, 3.05) is 19.7 Å². The second-order valence-corrected chi connectivity index (χ2v) is 6.10. The minimum absolute atomic E-state index is 0.0445. The Bertz CT molecular complexity index is 418. The van der Waals surface area contributed by atoms with Gasteiger partial charge in [0.15, 0.2) is 0 Å². The molecule has 1 unspecified atom stereocenters. The quantitative estimate of drug-likeness (QED) is 0.879. The van der Waals surface area contributed by atoms with Gasteiger partial charge in [0.2, 0.25) is 0 Å². The van der Waals surface area contributed by atoms with E-state index in [1.54, 1.807) is 0 Å². The first-order chi connectivity index (χ1) is 9.08. The normalized spacial score (nSPS) is 24.8. The van der Waals surface area contributed by atoms with Crippen molar-refractivity contribution in [2.24, 2.45) is 5.41 Å². The Morgan fingerprint density at radius 2 is 2.16 bits per heavy atom. The first-order valence-electron chi connectivity index (χ1n) is 7.30. The van der Waals surface area contributed by atoms with Crippen LogP contribution < -0.4 is 0 Å². The van der Waals surface area contributed by atoms with Crippen molar-refractivity contribution in [2.45, 2.75) is 53.1 Å². The highest BCUT2D eigenvalue weighted by atomic mass is 16.3. The van der Waals surface area contributed by atoms with Gasteiger partial charge >= 0.3 is 0 Å². The van der Waals surface area contributed by atoms with Gasteiger partial charge in [-0.05, 0) is 32.7 Å². The largest absolute Gasteiger partial charge is 0.396 e. The number of hydrogen-bond acceptors (Lipinski definition) is 4. The number of likely N-dealkylation sites (tertiary alicyclic amines) is 1. The van der Waals surface area contributed by atoms with E-state index in [0.29, 0.717) is 0 Å². The van der Waals surface area contributed by atoms with Crippen molar-refractivity contribution in [3.05, 3.63) is 11.6 Å². The van der Waals surface area contributed by atoms with Crippen LogP contribution in [0.5, 0.6) is 0 Å². The molecule has 19 heavy (non-hydrogen) atoms. The standard InChI is InChI=1S/C14H26N4O/c1-4-7-18-12(2)15-16-13(18)9-17-8-5-6-14(3,10-17)11-19/h19H,4-11H2,1-3H3. The van der Waals surface area contributed by atoms with E-state index in [1.807, 2.05) is 6.92 Å². The third-order valence-electron chi connectivity index (χ3n) is 4.07. The van der Waals surface area contributed by atoms with Crippen LogP contribution in [0.1, 0.15) is 44.8 Å². The van der Waals surface area contributed by atoms with E-state index in [-0.39, 0.29) is 12.0 Å². The molecule has 0 aliphatic carbocycles. The third kappa shape index (κ3) is 3.34. The van der Waals surface area contributed by atoms with Gasteiger partial charge in [0.1, 0.15) is 11.6 Å². The number of aromatic nitrogens is 3. The summed E-state index contributed by atoms with van der Waals surface area (Å²) in [6, 6.07) is 0. The lowest BCUT2D eigenvalue weighted by molar-refractivity contribution is 0.0412. The Morgan fingerprint density at radius 3 is 2.84 bits per heavy atom. The van der Waals surface area contributed by atoms with E-state index in [0.717, 1.165) is 57.1 Å². The lowest BCUT2D eigenvalue weighted by Crippen LogP contribution is -2.43. The number of nitrogens with zero attached hydrogens (tertiary/aromatic N) is 4. The fourth-order valence-corrected chi connectivity index (χ4v) is 2.95. The predicted octanol–water partition coefficient (Wildman–Crippen LogP) is 1.59. The van der Waals surface area contributed by atoms with Gasteiger partial charge in [-0.2, -0.15) is 0 Å². The molecule has 1 aliphatic heterocycles. The third-order valence-corrected chi connectivity index (χ3v) is 4.07. The van der Waals surface area contributed by atoms with Gasteiger partial charge in [0, 0.05) is 25.1 Å². The number of aryl methyl sites for hydroxylation is 1. The van der Waals surface area contributed by atoms with Crippen LogP contribution in [0, 0.1) is 12.3 Å². The minimum Gasteiger partial charge on any atom is -0.396 e. The Balaban J connectivity index is 2.04. The highest BCUT2D eigenvalue weighted by Gasteiger charge is 2.30. The Labute approximate surface area is 115 Å². The highest BCUT2D eigenvalue weighted by Crippen LogP contribution is 2.29. The van der Waals surface area contributed by atoms with Crippen molar-refractivity contribution in [1.82, 2.24) is 19.7 Å². The van der Waals surface area contributed by atoms with E-state index in [2.05, 4.69) is 33.5 Å². The van der Waals surface area contributed by atoms with E-state index < -0.39 is 0 Å². The molecule has 1 N–H and O–H groups in total. The molecule has 2 heterocycles. The van der Waals surface area contributed by atoms with Crippen LogP contribution in [0.25, 0.3) is 0 Å². The molecule has 1 fully saturated rings. The van der Waals surface area contributed by atoms with Crippen molar-refractivity contribution >= 4 is 0 Å². The van der Waals surface area contributed by atoms with E-state index in [1.165, 1.54) is 0 Å². The molecule has 2 rings (SSSR count). The lowest BCUT2D eigenvalue weighted by atomic mass is 9.83. The van der Waals surface area contributed by atoms with E-state index in [4.69, 9.17) is 0 Å². The summed E-state index contributed by atoms with van der Waals surface area (Å²) in [6.45, 7) is 10.5. The van der Waals surface area contributed by atoms with E-state index in [9.17, 15) is 5.11 Å². The van der Waals surface area contributed by atoms with Gasteiger partial charge in [-0.15, -0.1) is 10.2 Å². The molecule has 0 radical (unpaired) electrons. The average Bonchev–Trinajstić information content (AvgIpc) is 2.72. The van der Waals surface area contributed by atoms with Gasteiger partial charge in [-0.3, -0.25) is 4.90 Å². The van der Waals surface area contributed by atoms with Crippen LogP contribution in [0.3, 0.4) is 0 Å². The molecule has 1 aromatic heterocycles. The monoisotopic (exact) mass is 266 g/mol. The second kappa shape index (κ2) is 6.01. The zero-order valence-corrected chi connectivity index (χ0v) is 12.4. The smallest absolute Gasteiger partial charge is 0.147 e. The summed E-state index contributed by atoms with van der Waals surface area (Å²) in [5, 5.41) is 18.0. The molecule has 1 aliphatic rings. The number of rotatable bonds is 5. The summed E-state index contributed by atoms with van der Waals surface area (Å²) in [4.78, 5) is 2.40. The molecule has 108 valence electrons. The van der Waals surface area contributed by atoms with Crippen LogP contribution in [-0.2, 0) is 13.1 Å². The molecule has 1 aromatic rings. The Morgan fingerprint density at radius 1 is 1.37 bits per heavy atom. The number of aliphatic hydroxyl groups is 1. The molecule has 0 amide bonds. The molecule has 1 saturated heterocycles. The topological polar surface area (TPSA) is 54.2 Å². The van der Waals surface area contributed by atoms with Crippen LogP contribution in [0.15, 0.2) is 0 Å². The maximum Gasteiger partial charge on any atom is 0.147 e. The maximum absolute atomic E-state index is 9.52. The summed E-state index contributed by atoms with van der Waals surface area (Å²) in [6.07, 6.45) is 3.36. The summed E-state index contributed by atoms with van der Waals surface area (Å²) < 4.78 is 2.21. The summed E-state index contributed by atoms with van der Waals surface area (Å²) in [5.74, 6) is 2.06. The van der Waals surface area contributed by atoms with Gasteiger partial charge in [0.25, 0.3) is 0 Å². The zero-order chi connectivity index (χ0) is 13.9. The second-order valence-electron chi connectivity index (χ2n) is 6.10. The SMILES string of the molecule is CCCn1c(C)nnc1CN1CCCC(C)(CO)C1. The molecule has 1 atom stereocenters. The van der Waals surface area contributed by atoms with Crippen molar-refractivity contribution in [3.8, 4) is 0 Å².